The minimum absolute atomic E-state index is 0.121. The highest BCUT2D eigenvalue weighted by atomic mass is 32.2. The molecule has 2 aromatic heterocycles. The standard InChI is InChI=1S/C22H26N4O5S2/c1-14(2)12-15(24-21(28)18-6-5-11-32-18)22(29)25-10-8-16-20(25)17(27)13-26(16)33(30,31)19-7-3-4-9-23-19/h3-7,9,11,14-16,20H,8,10,12-13H2,1-2H3,(H,24,28). The molecule has 0 bridgehead atoms. The van der Waals surface area contributed by atoms with Crippen molar-refractivity contribution in [2.24, 2.45) is 5.92 Å². The first-order chi connectivity index (χ1) is 15.7. The Balaban J connectivity index is 1.55. The monoisotopic (exact) mass is 490 g/mol. The van der Waals surface area contributed by atoms with Gasteiger partial charge in [0.05, 0.1) is 17.5 Å². The maximum absolute atomic E-state index is 13.5. The second-order valence-corrected chi connectivity index (χ2v) is 11.4. The van der Waals surface area contributed by atoms with Gasteiger partial charge in [0.25, 0.3) is 15.9 Å². The van der Waals surface area contributed by atoms with Crippen LogP contribution in [0.4, 0.5) is 0 Å². The van der Waals surface area contributed by atoms with Crippen LogP contribution in [-0.2, 0) is 19.6 Å². The van der Waals surface area contributed by atoms with Gasteiger partial charge in [0.15, 0.2) is 10.8 Å². The minimum atomic E-state index is -3.97. The molecule has 176 valence electrons. The van der Waals surface area contributed by atoms with Gasteiger partial charge in [0.2, 0.25) is 5.91 Å². The average Bonchev–Trinajstić information content (AvgIpc) is 3.52. The van der Waals surface area contributed by atoms with Crippen molar-refractivity contribution in [3.63, 3.8) is 0 Å². The predicted octanol–water partition coefficient (Wildman–Crippen LogP) is 1.53. The van der Waals surface area contributed by atoms with Crippen LogP contribution in [0.2, 0.25) is 0 Å². The lowest BCUT2D eigenvalue weighted by atomic mass is 10.0. The van der Waals surface area contributed by atoms with Gasteiger partial charge in [-0.3, -0.25) is 14.4 Å². The lowest BCUT2D eigenvalue weighted by molar-refractivity contribution is -0.138. The number of rotatable bonds is 7. The third kappa shape index (κ3) is 4.57. The summed E-state index contributed by atoms with van der Waals surface area (Å²) in [7, 11) is -3.97. The Hall–Kier alpha value is -2.63. The summed E-state index contributed by atoms with van der Waals surface area (Å²) in [5.41, 5.74) is 0. The Bertz CT molecular complexity index is 1130. The van der Waals surface area contributed by atoms with Crippen molar-refractivity contribution >= 4 is 39.0 Å². The molecule has 0 saturated carbocycles. The minimum Gasteiger partial charge on any atom is -0.340 e. The highest BCUT2D eigenvalue weighted by Crippen LogP contribution is 2.34. The van der Waals surface area contributed by atoms with Crippen LogP contribution >= 0.6 is 11.3 Å². The summed E-state index contributed by atoms with van der Waals surface area (Å²) in [6.45, 7) is 3.85. The number of thiophene rings is 1. The van der Waals surface area contributed by atoms with Gasteiger partial charge < -0.3 is 10.2 Å². The number of hydrogen-bond acceptors (Lipinski definition) is 7. The van der Waals surface area contributed by atoms with Crippen LogP contribution in [-0.4, -0.2) is 71.4 Å². The van der Waals surface area contributed by atoms with E-state index in [1.165, 1.54) is 28.5 Å². The van der Waals surface area contributed by atoms with Crippen LogP contribution in [0.25, 0.3) is 0 Å². The number of carbonyl (C=O) groups is 3. The summed E-state index contributed by atoms with van der Waals surface area (Å²) < 4.78 is 27.4. The molecule has 11 heteroatoms. The van der Waals surface area contributed by atoms with Crippen molar-refractivity contribution in [3.05, 3.63) is 46.8 Å². The quantitative estimate of drug-likeness (QED) is 0.629. The van der Waals surface area contributed by atoms with Crippen LogP contribution in [0.15, 0.2) is 46.9 Å². The number of hydrogen-bond donors (Lipinski definition) is 1. The van der Waals surface area contributed by atoms with Crippen molar-refractivity contribution in [2.45, 2.75) is 49.8 Å². The Morgan fingerprint density at radius 3 is 2.67 bits per heavy atom. The Morgan fingerprint density at radius 2 is 2.03 bits per heavy atom. The third-order valence-corrected chi connectivity index (χ3v) is 8.58. The number of aromatic nitrogens is 1. The van der Waals surface area contributed by atoms with Gasteiger partial charge in [-0.15, -0.1) is 11.3 Å². The first-order valence-corrected chi connectivity index (χ1v) is 13.1. The van der Waals surface area contributed by atoms with E-state index in [2.05, 4.69) is 10.3 Å². The molecule has 4 rings (SSSR count). The van der Waals surface area contributed by atoms with Crippen LogP contribution < -0.4 is 5.32 Å². The molecule has 2 aromatic rings. The maximum Gasteiger partial charge on any atom is 0.261 e. The molecule has 4 heterocycles. The van der Waals surface area contributed by atoms with Gasteiger partial charge in [-0.05, 0) is 42.3 Å². The van der Waals surface area contributed by atoms with E-state index < -0.39 is 28.1 Å². The highest BCUT2D eigenvalue weighted by molar-refractivity contribution is 7.89. The normalized spacial score (nSPS) is 21.9. The largest absolute Gasteiger partial charge is 0.340 e. The summed E-state index contributed by atoms with van der Waals surface area (Å²) in [5.74, 6) is -0.886. The third-order valence-electron chi connectivity index (χ3n) is 5.93. The van der Waals surface area contributed by atoms with Crippen LogP contribution in [0, 0.1) is 5.92 Å². The van der Waals surface area contributed by atoms with Gasteiger partial charge in [0.1, 0.15) is 12.1 Å². The Kier molecular flexibility index (Phi) is 6.64. The van der Waals surface area contributed by atoms with Gasteiger partial charge in [-0.2, -0.15) is 4.31 Å². The Morgan fingerprint density at radius 1 is 1.24 bits per heavy atom. The summed E-state index contributed by atoms with van der Waals surface area (Å²) in [6, 6.07) is 5.74. The van der Waals surface area contributed by atoms with E-state index in [1.54, 1.807) is 29.6 Å². The first-order valence-electron chi connectivity index (χ1n) is 10.8. The molecule has 0 aliphatic carbocycles. The van der Waals surface area contributed by atoms with E-state index in [4.69, 9.17) is 0 Å². The van der Waals surface area contributed by atoms with Crippen LogP contribution in [0.1, 0.15) is 36.4 Å². The molecule has 2 aliphatic rings. The number of amides is 2. The van der Waals surface area contributed by atoms with Gasteiger partial charge in [0, 0.05) is 12.7 Å². The molecular formula is C22H26N4O5S2. The van der Waals surface area contributed by atoms with E-state index in [9.17, 15) is 22.8 Å². The first kappa shape index (κ1) is 23.5. The molecule has 3 unspecified atom stereocenters. The van der Waals surface area contributed by atoms with E-state index in [1.807, 2.05) is 13.8 Å². The lowest BCUT2D eigenvalue weighted by Crippen LogP contribution is -2.52. The fraction of sp³-hybridized carbons (Fsp3) is 0.455. The molecule has 0 radical (unpaired) electrons. The zero-order valence-corrected chi connectivity index (χ0v) is 20.0. The number of fused-ring (bicyclic) bond motifs is 1. The van der Waals surface area contributed by atoms with Crippen molar-refractivity contribution in [3.8, 4) is 0 Å². The number of carbonyl (C=O) groups excluding carboxylic acids is 3. The number of ketones is 1. The predicted molar refractivity (Wildman–Crippen MR) is 122 cm³/mol. The smallest absolute Gasteiger partial charge is 0.261 e. The van der Waals surface area contributed by atoms with E-state index in [0.29, 0.717) is 17.7 Å². The molecule has 1 N–H and O–H groups in total. The summed E-state index contributed by atoms with van der Waals surface area (Å²) in [6.07, 6.45) is 2.15. The summed E-state index contributed by atoms with van der Waals surface area (Å²) in [5, 5.41) is 4.48. The molecule has 2 amide bonds. The molecule has 9 nitrogen and oxygen atoms in total. The molecule has 0 aromatic carbocycles. The Labute approximate surface area is 196 Å². The number of sulfonamides is 1. The molecule has 33 heavy (non-hydrogen) atoms. The number of pyridine rings is 1. The van der Waals surface area contributed by atoms with Gasteiger partial charge in [-0.25, -0.2) is 13.4 Å². The maximum atomic E-state index is 13.5. The second-order valence-electron chi connectivity index (χ2n) is 8.65. The van der Waals surface area contributed by atoms with E-state index in [0.717, 1.165) is 4.31 Å². The van der Waals surface area contributed by atoms with Crippen molar-refractivity contribution < 1.29 is 22.8 Å². The molecule has 3 atom stereocenters. The van der Waals surface area contributed by atoms with Gasteiger partial charge in [-0.1, -0.05) is 26.0 Å². The van der Waals surface area contributed by atoms with Crippen LogP contribution in [0.5, 0.6) is 0 Å². The number of nitrogens with one attached hydrogen (secondary N) is 1. The molecule has 0 spiro atoms. The van der Waals surface area contributed by atoms with Crippen molar-refractivity contribution in [1.29, 1.82) is 0 Å². The summed E-state index contributed by atoms with van der Waals surface area (Å²) in [4.78, 5) is 44.9. The molecular weight excluding hydrogens is 464 g/mol. The van der Waals surface area contributed by atoms with E-state index in [-0.39, 0.29) is 41.6 Å². The zero-order chi connectivity index (χ0) is 23.8. The number of likely N-dealkylation sites (tertiary alicyclic amines) is 1. The second kappa shape index (κ2) is 9.32. The highest BCUT2D eigenvalue weighted by Gasteiger charge is 2.54. The topological polar surface area (TPSA) is 117 Å². The zero-order valence-electron chi connectivity index (χ0n) is 18.4. The number of Topliss-reactive ketones (excluding diaryl/α,β-unsaturated/α-hetero) is 1. The van der Waals surface area contributed by atoms with Crippen molar-refractivity contribution in [1.82, 2.24) is 19.5 Å². The molecule has 2 fully saturated rings. The van der Waals surface area contributed by atoms with Crippen LogP contribution in [0.3, 0.4) is 0 Å². The number of nitrogens with zero attached hydrogens (tertiary/aromatic N) is 3. The lowest BCUT2D eigenvalue weighted by Gasteiger charge is -2.29. The molecule has 2 saturated heterocycles. The fourth-order valence-electron chi connectivity index (χ4n) is 4.49. The fourth-order valence-corrected chi connectivity index (χ4v) is 6.68. The van der Waals surface area contributed by atoms with Crippen molar-refractivity contribution in [2.75, 3.05) is 13.1 Å². The van der Waals surface area contributed by atoms with Gasteiger partial charge >= 0.3 is 0 Å². The SMILES string of the molecule is CC(C)CC(NC(=O)c1cccs1)C(=O)N1CCC2C1C(=O)CN2S(=O)(=O)c1ccccn1. The average molecular weight is 491 g/mol. The summed E-state index contributed by atoms with van der Waals surface area (Å²) >= 11 is 1.28. The molecule has 2 aliphatic heterocycles. The van der Waals surface area contributed by atoms with E-state index >= 15 is 0 Å².